The molecule has 0 saturated carbocycles. The first kappa shape index (κ1) is 23.1. The maximum Gasteiger partial charge on any atom is 0.191 e. The first-order valence-electron chi connectivity index (χ1n) is 9.94. The smallest absolute Gasteiger partial charge is 0.191 e. The number of likely N-dealkylation sites (tertiary alicyclic amines) is 1. The molecule has 8 heteroatoms. The molecule has 0 aromatic heterocycles. The Morgan fingerprint density at radius 1 is 1.25 bits per heavy atom. The van der Waals surface area contributed by atoms with Gasteiger partial charge in [0.05, 0.1) is 5.69 Å². The van der Waals surface area contributed by atoms with E-state index in [4.69, 9.17) is 0 Å². The highest BCUT2D eigenvalue weighted by Gasteiger charge is 2.25. The normalized spacial score (nSPS) is 21.5. The van der Waals surface area contributed by atoms with Crippen molar-refractivity contribution in [1.82, 2.24) is 15.5 Å². The molecule has 2 fully saturated rings. The van der Waals surface area contributed by atoms with Crippen LogP contribution in [0.4, 0.5) is 14.5 Å². The number of anilines is 1. The highest BCUT2D eigenvalue weighted by Crippen LogP contribution is 2.24. The van der Waals surface area contributed by atoms with E-state index in [0.29, 0.717) is 18.2 Å². The van der Waals surface area contributed by atoms with Crippen molar-refractivity contribution in [2.75, 3.05) is 51.2 Å². The summed E-state index contributed by atoms with van der Waals surface area (Å²) < 4.78 is 27.1. The van der Waals surface area contributed by atoms with E-state index in [2.05, 4.69) is 27.4 Å². The molecule has 5 nitrogen and oxygen atoms in total. The zero-order valence-electron chi connectivity index (χ0n) is 16.8. The molecule has 0 amide bonds. The zero-order chi connectivity index (χ0) is 19.2. The Hall–Kier alpha value is -1.16. The van der Waals surface area contributed by atoms with Crippen molar-refractivity contribution in [1.29, 1.82) is 0 Å². The minimum atomic E-state index is -0.544. The van der Waals surface area contributed by atoms with E-state index in [9.17, 15) is 8.78 Å². The molecule has 2 saturated heterocycles. The minimum Gasteiger partial charge on any atom is -0.367 e. The summed E-state index contributed by atoms with van der Waals surface area (Å²) in [6.07, 6.45) is 3.52. The lowest BCUT2D eigenvalue weighted by atomic mass is 10.1. The summed E-state index contributed by atoms with van der Waals surface area (Å²) in [6.45, 7) is 8.09. The Kier molecular flexibility index (Phi) is 9.20. The highest BCUT2D eigenvalue weighted by molar-refractivity contribution is 14.0. The van der Waals surface area contributed by atoms with Crippen LogP contribution in [0.2, 0.25) is 0 Å². The van der Waals surface area contributed by atoms with Crippen LogP contribution < -0.4 is 15.5 Å². The Morgan fingerprint density at radius 2 is 2.00 bits per heavy atom. The Morgan fingerprint density at radius 3 is 2.68 bits per heavy atom. The van der Waals surface area contributed by atoms with Crippen molar-refractivity contribution < 1.29 is 8.78 Å². The molecular weight excluding hydrogens is 475 g/mol. The molecule has 0 spiro atoms. The number of nitrogens with one attached hydrogen (secondary N) is 2. The molecule has 2 N–H and O–H groups in total. The lowest BCUT2D eigenvalue weighted by Gasteiger charge is -2.23. The first-order chi connectivity index (χ1) is 13.0. The predicted molar refractivity (Wildman–Crippen MR) is 122 cm³/mol. The van der Waals surface area contributed by atoms with Crippen LogP contribution in [-0.2, 0) is 0 Å². The second-order valence-electron chi connectivity index (χ2n) is 7.74. The predicted octanol–water partition coefficient (Wildman–Crippen LogP) is 3.06. The molecule has 158 valence electrons. The van der Waals surface area contributed by atoms with Gasteiger partial charge in [0.25, 0.3) is 0 Å². The van der Waals surface area contributed by atoms with Crippen molar-refractivity contribution in [3.8, 4) is 0 Å². The number of benzene rings is 1. The van der Waals surface area contributed by atoms with E-state index in [1.807, 2.05) is 4.90 Å². The fourth-order valence-electron chi connectivity index (χ4n) is 3.96. The van der Waals surface area contributed by atoms with E-state index in [0.717, 1.165) is 38.1 Å². The maximum absolute atomic E-state index is 14.0. The van der Waals surface area contributed by atoms with E-state index in [1.165, 1.54) is 38.1 Å². The van der Waals surface area contributed by atoms with Crippen LogP contribution in [0.3, 0.4) is 0 Å². The van der Waals surface area contributed by atoms with Gasteiger partial charge in [0.1, 0.15) is 11.6 Å². The molecule has 1 aromatic rings. The summed E-state index contributed by atoms with van der Waals surface area (Å²) in [5, 5.41) is 6.85. The van der Waals surface area contributed by atoms with E-state index in [1.54, 1.807) is 7.05 Å². The fraction of sp³-hybridized carbons (Fsp3) is 0.650. The molecule has 2 heterocycles. The molecule has 28 heavy (non-hydrogen) atoms. The van der Waals surface area contributed by atoms with E-state index < -0.39 is 11.6 Å². The standard InChI is InChI=1S/C20H31F2N5.HI/c1-15(13-26-8-3-4-9-26)12-24-20(23-2)25-17-7-10-27(14-17)19-6-5-16(21)11-18(19)22;/h5-6,11,15,17H,3-4,7-10,12-14H2,1-2H3,(H2,23,24,25);1H. The van der Waals surface area contributed by atoms with Crippen LogP contribution in [0.5, 0.6) is 0 Å². The molecular formula is C20H32F2IN5. The molecule has 2 unspecified atom stereocenters. The second-order valence-corrected chi connectivity index (χ2v) is 7.74. The van der Waals surface area contributed by atoms with Gasteiger partial charge in [-0.25, -0.2) is 8.78 Å². The number of aliphatic imine (C=N–C) groups is 1. The van der Waals surface area contributed by atoms with Gasteiger partial charge in [-0.15, -0.1) is 24.0 Å². The van der Waals surface area contributed by atoms with Gasteiger partial charge in [0, 0.05) is 45.3 Å². The van der Waals surface area contributed by atoms with Crippen LogP contribution in [0.15, 0.2) is 23.2 Å². The van der Waals surface area contributed by atoms with Gasteiger partial charge in [0.15, 0.2) is 5.96 Å². The van der Waals surface area contributed by atoms with Crippen LogP contribution >= 0.6 is 24.0 Å². The van der Waals surface area contributed by atoms with Gasteiger partial charge in [-0.3, -0.25) is 4.99 Å². The number of guanidine groups is 1. The number of hydrogen-bond donors (Lipinski definition) is 2. The molecule has 2 atom stereocenters. The third-order valence-electron chi connectivity index (χ3n) is 5.39. The van der Waals surface area contributed by atoms with E-state index >= 15 is 0 Å². The summed E-state index contributed by atoms with van der Waals surface area (Å²) in [5.74, 6) is 0.288. The van der Waals surface area contributed by atoms with Gasteiger partial charge in [-0.2, -0.15) is 0 Å². The summed E-state index contributed by atoms with van der Waals surface area (Å²) in [7, 11) is 1.77. The summed E-state index contributed by atoms with van der Waals surface area (Å²) in [6, 6.07) is 3.95. The first-order valence-corrected chi connectivity index (χ1v) is 9.94. The van der Waals surface area contributed by atoms with Crippen molar-refractivity contribution >= 4 is 35.6 Å². The molecule has 0 bridgehead atoms. The van der Waals surface area contributed by atoms with Gasteiger partial charge < -0.3 is 20.4 Å². The van der Waals surface area contributed by atoms with Gasteiger partial charge in [-0.05, 0) is 50.4 Å². The quantitative estimate of drug-likeness (QED) is 0.353. The summed E-state index contributed by atoms with van der Waals surface area (Å²) in [4.78, 5) is 8.80. The van der Waals surface area contributed by atoms with Gasteiger partial charge in [0.2, 0.25) is 0 Å². The third-order valence-corrected chi connectivity index (χ3v) is 5.39. The number of hydrogen-bond acceptors (Lipinski definition) is 3. The van der Waals surface area contributed by atoms with Crippen LogP contribution in [0, 0.1) is 17.6 Å². The molecule has 2 aliphatic heterocycles. The molecule has 0 aliphatic carbocycles. The monoisotopic (exact) mass is 507 g/mol. The van der Waals surface area contributed by atoms with Crippen LogP contribution in [-0.4, -0.2) is 63.2 Å². The number of halogens is 3. The largest absolute Gasteiger partial charge is 0.367 e. The van der Waals surface area contributed by atoms with Gasteiger partial charge >= 0.3 is 0 Å². The Balaban J connectivity index is 0.00000280. The molecule has 1 aromatic carbocycles. The van der Waals surface area contributed by atoms with Crippen molar-refractivity contribution in [2.24, 2.45) is 10.9 Å². The SMILES string of the molecule is CN=C(NCC(C)CN1CCCC1)NC1CCN(c2ccc(F)cc2F)C1.I. The topological polar surface area (TPSA) is 42.9 Å². The minimum absolute atomic E-state index is 0. The molecule has 0 radical (unpaired) electrons. The lowest BCUT2D eigenvalue weighted by molar-refractivity contribution is 0.287. The Labute approximate surface area is 184 Å². The summed E-state index contributed by atoms with van der Waals surface area (Å²) in [5.41, 5.74) is 0.461. The van der Waals surface area contributed by atoms with Crippen molar-refractivity contribution in [3.05, 3.63) is 29.8 Å². The zero-order valence-corrected chi connectivity index (χ0v) is 19.1. The number of nitrogens with zero attached hydrogens (tertiary/aromatic N) is 3. The number of rotatable bonds is 6. The second kappa shape index (κ2) is 11.1. The summed E-state index contributed by atoms with van der Waals surface area (Å²) >= 11 is 0. The lowest BCUT2D eigenvalue weighted by Crippen LogP contribution is -2.46. The van der Waals surface area contributed by atoms with Crippen LogP contribution in [0.1, 0.15) is 26.2 Å². The average molecular weight is 507 g/mol. The molecule has 2 aliphatic rings. The molecule has 3 rings (SSSR count). The third kappa shape index (κ3) is 6.43. The van der Waals surface area contributed by atoms with E-state index in [-0.39, 0.29) is 30.0 Å². The van der Waals surface area contributed by atoms with Gasteiger partial charge in [-0.1, -0.05) is 6.92 Å². The van der Waals surface area contributed by atoms with Crippen molar-refractivity contribution in [2.45, 2.75) is 32.2 Å². The highest BCUT2D eigenvalue weighted by atomic mass is 127. The van der Waals surface area contributed by atoms with Crippen LogP contribution in [0.25, 0.3) is 0 Å². The Bertz CT molecular complexity index is 651. The fourth-order valence-corrected chi connectivity index (χ4v) is 3.96. The maximum atomic E-state index is 14.0. The average Bonchev–Trinajstić information content (AvgIpc) is 3.30. The van der Waals surface area contributed by atoms with Crippen molar-refractivity contribution in [3.63, 3.8) is 0 Å².